The summed E-state index contributed by atoms with van der Waals surface area (Å²) in [4.78, 5) is 25.5. The van der Waals surface area contributed by atoms with Crippen LogP contribution in [-0.4, -0.2) is 161 Å². The number of benzene rings is 1. The average molecular weight is 751 g/mol. The lowest BCUT2D eigenvalue weighted by molar-refractivity contribution is -0.355. The molecule has 18 nitrogen and oxygen atoms in total. The van der Waals surface area contributed by atoms with Crippen molar-refractivity contribution in [3.63, 3.8) is 0 Å². The Morgan fingerprint density at radius 2 is 1.57 bits per heavy atom. The summed E-state index contributed by atoms with van der Waals surface area (Å²) in [6, 6.07) is 7.05. The summed E-state index contributed by atoms with van der Waals surface area (Å²) in [7, 11) is 1.29. The maximum absolute atomic E-state index is 12.9. The molecule has 1 unspecified atom stereocenters. The number of nitrogens with one attached hydrogen (secondary N) is 1. The number of dihydropyridines is 1. The van der Waals surface area contributed by atoms with E-state index < -0.39 is 92.5 Å². The zero-order chi connectivity index (χ0) is 38.0. The molecule has 4 rings (SSSR count). The Balaban J connectivity index is 0.000000281. The molecule has 0 saturated carbocycles. The van der Waals surface area contributed by atoms with E-state index in [-0.39, 0.29) is 18.8 Å². The fourth-order valence-electron chi connectivity index (χ4n) is 5.69. The van der Waals surface area contributed by atoms with Crippen LogP contribution in [0.3, 0.4) is 0 Å². The maximum atomic E-state index is 12.9. The number of halogens is 1. The van der Waals surface area contributed by atoms with Crippen molar-refractivity contribution in [1.82, 2.24) is 5.32 Å². The highest BCUT2D eigenvalue weighted by atomic mass is 35.5. The van der Waals surface area contributed by atoms with Gasteiger partial charge in [0.15, 0.2) is 12.6 Å². The Hall–Kier alpha value is -2.79. The molecule has 1 aromatic rings. The molecule has 11 N–H and O–H groups in total. The van der Waals surface area contributed by atoms with E-state index in [1.54, 1.807) is 38.1 Å². The Kier molecular flexibility index (Phi) is 16.6. The first kappa shape index (κ1) is 42.6. The summed E-state index contributed by atoms with van der Waals surface area (Å²) in [5, 5.41) is 80.0. The van der Waals surface area contributed by atoms with Crippen LogP contribution in [0.25, 0.3) is 0 Å². The van der Waals surface area contributed by atoms with E-state index in [0.29, 0.717) is 40.7 Å². The third kappa shape index (κ3) is 10.0. The van der Waals surface area contributed by atoms with Crippen LogP contribution >= 0.6 is 11.6 Å². The van der Waals surface area contributed by atoms with Gasteiger partial charge >= 0.3 is 11.9 Å². The van der Waals surface area contributed by atoms with Crippen molar-refractivity contribution in [3.05, 3.63) is 57.4 Å². The topological polar surface area (TPSA) is 289 Å². The quantitative estimate of drug-likeness (QED) is 0.0746. The molecule has 0 aromatic heterocycles. The lowest BCUT2D eigenvalue weighted by Crippen LogP contribution is -2.64. The predicted octanol–water partition coefficient (Wildman–Crippen LogP) is -3.13. The van der Waals surface area contributed by atoms with Crippen molar-refractivity contribution < 1.29 is 78.9 Å². The third-order valence-corrected chi connectivity index (χ3v) is 8.59. The number of esters is 2. The molecule has 3 aliphatic rings. The molecule has 3 aliphatic heterocycles. The SMILES string of the molecule is CCOC(=O)C1=C(COCCN)NC(C)=C(C(=O)OC)C1c1ccccc1Cl.OC[C@H]1O[C@@H](O[C@H]2[C@H](O)[C@@H](O)[C@H](O)O[C@@H]2CO)[C@H](O)[C@@H](O)[C@H]1O. The van der Waals surface area contributed by atoms with Gasteiger partial charge in [0, 0.05) is 17.3 Å². The number of carbonyl (C=O) groups excluding carboxylic acids is 2. The first-order valence-corrected chi connectivity index (χ1v) is 16.4. The highest BCUT2D eigenvalue weighted by Crippen LogP contribution is 2.42. The second-order valence-corrected chi connectivity index (χ2v) is 12.0. The summed E-state index contributed by atoms with van der Waals surface area (Å²) in [6.07, 6.45) is -15.6. The summed E-state index contributed by atoms with van der Waals surface area (Å²) in [5.74, 6) is -1.86. The van der Waals surface area contributed by atoms with E-state index in [1.807, 2.05) is 0 Å². The van der Waals surface area contributed by atoms with E-state index in [0.717, 1.165) is 0 Å². The van der Waals surface area contributed by atoms with Gasteiger partial charge in [0.1, 0.15) is 48.8 Å². The van der Waals surface area contributed by atoms with Gasteiger partial charge in [0.05, 0.1) is 62.9 Å². The molecular weight excluding hydrogens is 704 g/mol. The van der Waals surface area contributed by atoms with Crippen molar-refractivity contribution in [2.45, 2.75) is 81.2 Å². The minimum absolute atomic E-state index is 0.109. The predicted molar refractivity (Wildman–Crippen MR) is 174 cm³/mol. The van der Waals surface area contributed by atoms with Gasteiger partial charge in [-0.15, -0.1) is 0 Å². The number of aliphatic hydroxyl groups is 8. The molecular formula is C32H47ClN2O16. The van der Waals surface area contributed by atoms with Crippen LogP contribution in [0.1, 0.15) is 25.3 Å². The average Bonchev–Trinajstić information content (AvgIpc) is 3.11. The fraction of sp³-hybridized carbons (Fsp3) is 0.625. The molecule has 288 valence electrons. The smallest absolute Gasteiger partial charge is 0.336 e. The molecule has 0 bridgehead atoms. The molecule has 3 heterocycles. The molecule has 2 saturated heterocycles. The van der Waals surface area contributed by atoms with Crippen molar-refractivity contribution in [2.75, 3.05) is 46.7 Å². The van der Waals surface area contributed by atoms with Crippen LogP contribution in [-0.2, 0) is 38.0 Å². The molecule has 0 amide bonds. The molecule has 19 heteroatoms. The largest absolute Gasteiger partial charge is 0.466 e. The highest BCUT2D eigenvalue weighted by molar-refractivity contribution is 6.31. The summed E-state index contributed by atoms with van der Waals surface area (Å²) < 4.78 is 31.0. The Labute approximate surface area is 298 Å². The minimum atomic E-state index is -1.74. The van der Waals surface area contributed by atoms with Gasteiger partial charge in [-0.2, -0.15) is 0 Å². The monoisotopic (exact) mass is 750 g/mol. The number of aliphatic hydroxyl groups excluding tert-OH is 8. The Morgan fingerprint density at radius 3 is 2.16 bits per heavy atom. The molecule has 11 atom stereocenters. The number of nitrogens with two attached hydrogens (primary N) is 1. The lowest BCUT2D eigenvalue weighted by Gasteiger charge is -2.45. The zero-order valence-electron chi connectivity index (χ0n) is 28.2. The minimum Gasteiger partial charge on any atom is -0.466 e. The first-order valence-electron chi connectivity index (χ1n) is 16.0. The third-order valence-electron chi connectivity index (χ3n) is 8.25. The van der Waals surface area contributed by atoms with Crippen LogP contribution < -0.4 is 11.1 Å². The number of methoxy groups -OCH3 is 1. The van der Waals surface area contributed by atoms with Crippen molar-refractivity contribution in [1.29, 1.82) is 0 Å². The normalized spacial score (nSPS) is 32.5. The van der Waals surface area contributed by atoms with Gasteiger partial charge < -0.3 is 80.3 Å². The van der Waals surface area contributed by atoms with Crippen LogP contribution in [0.2, 0.25) is 5.02 Å². The van der Waals surface area contributed by atoms with Crippen molar-refractivity contribution >= 4 is 23.5 Å². The van der Waals surface area contributed by atoms with E-state index in [1.165, 1.54) is 7.11 Å². The summed E-state index contributed by atoms with van der Waals surface area (Å²) in [5.41, 5.74) is 7.70. The molecule has 51 heavy (non-hydrogen) atoms. The van der Waals surface area contributed by atoms with Gasteiger partial charge in [-0.1, -0.05) is 29.8 Å². The Bertz CT molecular complexity index is 1380. The molecule has 1 aromatic carbocycles. The molecule has 2 fully saturated rings. The van der Waals surface area contributed by atoms with E-state index >= 15 is 0 Å². The Morgan fingerprint density at radius 1 is 0.902 bits per heavy atom. The van der Waals surface area contributed by atoms with E-state index in [9.17, 15) is 45.3 Å². The molecule has 0 radical (unpaired) electrons. The van der Waals surface area contributed by atoms with Crippen molar-refractivity contribution in [2.24, 2.45) is 5.73 Å². The lowest BCUT2D eigenvalue weighted by atomic mass is 9.80. The van der Waals surface area contributed by atoms with E-state index in [2.05, 4.69) is 5.32 Å². The van der Waals surface area contributed by atoms with Crippen molar-refractivity contribution in [3.8, 4) is 0 Å². The number of hydrogen-bond acceptors (Lipinski definition) is 18. The molecule has 0 aliphatic carbocycles. The second-order valence-electron chi connectivity index (χ2n) is 11.6. The number of carbonyl (C=O) groups is 2. The van der Waals surface area contributed by atoms with Crippen LogP contribution in [0, 0.1) is 0 Å². The fourth-order valence-corrected chi connectivity index (χ4v) is 5.93. The number of allylic oxidation sites excluding steroid dienone is 1. The molecule has 0 spiro atoms. The van der Waals surface area contributed by atoms with Gasteiger partial charge in [-0.25, -0.2) is 9.59 Å². The van der Waals surface area contributed by atoms with Crippen LogP contribution in [0.5, 0.6) is 0 Å². The van der Waals surface area contributed by atoms with E-state index in [4.69, 9.17) is 50.9 Å². The van der Waals surface area contributed by atoms with Gasteiger partial charge in [-0.3, -0.25) is 0 Å². The standard InChI is InChI=1S/C20H25ClN2O5.C12H22O11/c1-4-28-20(25)18-15(11-27-10-9-22)23-12(2)16(19(24)26-3)17(18)13-7-5-6-8-14(13)21;13-1-3-5(15)6(16)9(19)12(22-3)23-10-4(2-14)21-11(20)8(18)7(10)17/h5-8,17,23H,4,9-11,22H2,1-3H3;3-20H,1-2H2/t;3-,4-,5+,6+,7-,8-,9-,10-,11-,12+/m.1/s1. The zero-order valence-corrected chi connectivity index (χ0v) is 29.0. The van der Waals surface area contributed by atoms with Gasteiger partial charge in [0.2, 0.25) is 0 Å². The summed E-state index contributed by atoms with van der Waals surface area (Å²) >= 11 is 6.42. The van der Waals surface area contributed by atoms with Gasteiger partial charge in [-0.05, 0) is 25.5 Å². The highest BCUT2D eigenvalue weighted by Gasteiger charge is 2.50. The van der Waals surface area contributed by atoms with Crippen LogP contribution in [0.4, 0.5) is 0 Å². The maximum Gasteiger partial charge on any atom is 0.336 e. The number of hydrogen-bond donors (Lipinski definition) is 10. The number of ether oxygens (including phenoxy) is 6. The summed E-state index contributed by atoms with van der Waals surface area (Å²) in [6.45, 7) is 3.07. The van der Waals surface area contributed by atoms with Crippen LogP contribution in [0.15, 0.2) is 46.8 Å². The number of rotatable bonds is 12. The van der Waals surface area contributed by atoms with Gasteiger partial charge in [0.25, 0.3) is 0 Å². The second kappa shape index (κ2) is 19.9. The first-order chi connectivity index (χ1) is 24.3.